The van der Waals surface area contributed by atoms with Crippen molar-refractivity contribution >= 4 is 23.7 Å². The Hall–Kier alpha value is -2.57. The molecule has 0 saturated carbocycles. The Kier molecular flexibility index (Phi) is 15.5. The van der Waals surface area contributed by atoms with E-state index in [0.717, 1.165) is 17.7 Å². The van der Waals surface area contributed by atoms with Gasteiger partial charge in [0.05, 0.1) is 16.9 Å². The average Bonchev–Trinajstić information content (AvgIpc) is 2.79. The Morgan fingerprint density at radius 1 is 0.939 bits per heavy atom. The molecule has 180 valence electrons. The van der Waals surface area contributed by atoms with Crippen LogP contribution in [0, 0.1) is 0 Å². The van der Waals surface area contributed by atoms with Gasteiger partial charge in [-0.1, -0.05) is 68.4 Å². The average molecular weight is 473 g/mol. The molecule has 2 atom stereocenters. The summed E-state index contributed by atoms with van der Waals surface area (Å²) in [5, 5.41) is 28.2. The molecule has 0 unspecified atom stereocenters. The van der Waals surface area contributed by atoms with Gasteiger partial charge in [0.25, 0.3) is 0 Å². The van der Waals surface area contributed by atoms with E-state index >= 15 is 0 Å². The van der Waals surface area contributed by atoms with Crippen LogP contribution in [0.1, 0.15) is 68.6 Å². The minimum absolute atomic E-state index is 0.0171. The van der Waals surface area contributed by atoms with E-state index < -0.39 is 18.0 Å². The van der Waals surface area contributed by atoms with Crippen molar-refractivity contribution in [2.45, 2.75) is 74.5 Å². The van der Waals surface area contributed by atoms with E-state index in [4.69, 9.17) is 10.2 Å². The van der Waals surface area contributed by atoms with Gasteiger partial charge in [-0.25, -0.2) is 4.79 Å². The van der Waals surface area contributed by atoms with Crippen LogP contribution in [-0.4, -0.2) is 38.6 Å². The van der Waals surface area contributed by atoms with E-state index in [1.807, 2.05) is 30.4 Å². The molecule has 1 rings (SSSR count). The molecular weight excluding hydrogens is 436 g/mol. The fourth-order valence-corrected chi connectivity index (χ4v) is 4.04. The number of allylic oxidation sites excluding steroid dienone is 7. The van der Waals surface area contributed by atoms with Crippen LogP contribution in [0.25, 0.3) is 0 Å². The fourth-order valence-electron chi connectivity index (χ4n) is 2.97. The maximum absolute atomic E-state index is 11.0. The number of unbranched alkanes of at least 4 members (excludes halogenated alkanes) is 3. The number of hydrogen-bond acceptors (Lipinski definition) is 4. The van der Waals surface area contributed by atoms with Crippen LogP contribution in [0.2, 0.25) is 0 Å². The van der Waals surface area contributed by atoms with Crippen LogP contribution in [0.3, 0.4) is 0 Å². The second-order valence-corrected chi connectivity index (χ2v) is 8.92. The molecule has 0 aromatic heterocycles. The summed E-state index contributed by atoms with van der Waals surface area (Å²) in [6, 6.07) is 6.50. The maximum atomic E-state index is 11.0. The highest BCUT2D eigenvalue weighted by Gasteiger charge is 2.18. The van der Waals surface area contributed by atoms with Crippen LogP contribution < -0.4 is 0 Å². The molecule has 1 aromatic carbocycles. The second kappa shape index (κ2) is 17.9. The lowest BCUT2D eigenvalue weighted by Crippen LogP contribution is -2.21. The molecule has 3 N–H and O–H groups in total. The van der Waals surface area contributed by atoms with E-state index in [-0.39, 0.29) is 17.2 Å². The summed E-state index contributed by atoms with van der Waals surface area (Å²) in [4.78, 5) is 22.6. The zero-order chi connectivity index (χ0) is 24.3. The van der Waals surface area contributed by atoms with Gasteiger partial charge >= 0.3 is 11.9 Å². The maximum Gasteiger partial charge on any atom is 0.335 e. The van der Waals surface area contributed by atoms with Gasteiger partial charge in [0.1, 0.15) is 0 Å². The molecule has 0 amide bonds. The number of carbonyl (C=O) groups is 2. The summed E-state index contributed by atoms with van der Waals surface area (Å²) in [6.45, 7) is 2.20. The van der Waals surface area contributed by atoms with E-state index in [2.05, 4.69) is 25.2 Å². The summed E-state index contributed by atoms with van der Waals surface area (Å²) in [5.74, 6) is -1.86. The molecular formula is C27H36O5S. The molecule has 0 spiro atoms. The summed E-state index contributed by atoms with van der Waals surface area (Å²) >= 11 is 1.42. The molecule has 0 aliphatic heterocycles. The van der Waals surface area contributed by atoms with Gasteiger partial charge in [0.15, 0.2) is 0 Å². The van der Waals surface area contributed by atoms with Gasteiger partial charge in [-0.15, -0.1) is 11.8 Å². The van der Waals surface area contributed by atoms with Crippen molar-refractivity contribution in [3.63, 3.8) is 0 Å². The third-order valence-corrected chi connectivity index (χ3v) is 6.11. The van der Waals surface area contributed by atoms with Gasteiger partial charge in [-0.05, 0) is 56.4 Å². The zero-order valence-electron chi connectivity index (χ0n) is 19.3. The quantitative estimate of drug-likeness (QED) is 0.102. The van der Waals surface area contributed by atoms with Crippen molar-refractivity contribution in [1.82, 2.24) is 0 Å². The smallest absolute Gasteiger partial charge is 0.335 e. The van der Waals surface area contributed by atoms with Crippen molar-refractivity contribution < 1.29 is 24.9 Å². The normalized spacial score (nSPS) is 14.0. The minimum Gasteiger partial charge on any atom is -0.481 e. The number of aliphatic carboxylic acids is 1. The molecule has 0 bridgehead atoms. The van der Waals surface area contributed by atoms with Gasteiger partial charge in [-0.2, -0.15) is 0 Å². The first-order valence-electron chi connectivity index (χ1n) is 11.5. The van der Waals surface area contributed by atoms with Crippen molar-refractivity contribution in [2.24, 2.45) is 0 Å². The minimum atomic E-state index is -0.984. The standard InChI is InChI=1S/C27H36O5S/c1-2-3-4-5-6-7-8-9-10-11-12-13-16-25(24(28)15-14-17-26(29)30)33-23-20-18-22(19-21-23)27(31)32/h6-7,9-13,16,18-21,24-25,28H,2-5,8,14-15,17H2,1H3,(H,29,30)(H,31,32)/b7-6-,10-9-,12-11-,16-13-/t24-,25+/m0/s1. The van der Waals surface area contributed by atoms with Crippen LogP contribution in [0.4, 0.5) is 0 Å². The van der Waals surface area contributed by atoms with Gasteiger partial charge in [-0.3, -0.25) is 4.79 Å². The summed E-state index contributed by atoms with van der Waals surface area (Å²) < 4.78 is 0. The topological polar surface area (TPSA) is 94.8 Å². The van der Waals surface area contributed by atoms with Crippen molar-refractivity contribution in [3.05, 3.63) is 78.4 Å². The first kappa shape index (κ1) is 28.5. The second-order valence-electron chi connectivity index (χ2n) is 7.67. The first-order chi connectivity index (χ1) is 15.9. The van der Waals surface area contributed by atoms with Gasteiger partial charge in [0, 0.05) is 11.3 Å². The number of aliphatic hydroxyl groups is 1. The molecule has 0 aliphatic carbocycles. The lowest BCUT2D eigenvalue weighted by Gasteiger charge is -2.19. The number of benzene rings is 1. The Balaban J connectivity index is 2.63. The number of aliphatic hydroxyl groups excluding tert-OH is 1. The third-order valence-electron chi connectivity index (χ3n) is 4.83. The number of aromatic carboxylic acids is 1. The van der Waals surface area contributed by atoms with Gasteiger partial charge < -0.3 is 15.3 Å². The Morgan fingerprint density at radius 3 is 2.33 bits per heavy atom. The highest BCUT2D eigenvalue weighted by molar-refractivity contribution is 8.00. The van der Waals surface area contributed by atoms with E-state index in [1.54, 1.807) is 12.1 Å². The predicted octanol–water partition coefficient (Wildman–Crippen LogP) is 6.66. The van der Waals surface area contributed by atoms with Crippen LogP contribution in [0.5, 0.6) is 0 Å². The largest absolute Gasteiger partial charge is 0.481 e. The van der Waals surface area contributed by atoms with E-state index in [9.17, 15) is 14.7 Å². The molecule has 0 aliphatic rings. The molecule has 5 nitrogen and oxygen atoms in total. The Bertz CT molecular complexity index is 808. The summed E-state index contributed by atoms with van der Waals surface area (Å²) in [6.07, 6.45) is 21.9. The molecule has 0 radical (unpaired) electrons. The lowest BCUT2D eigenvalue weighted by molar-refractivity contribution is -0.137. The SMILES string of the molecule is CCCCC/C=C\C\C=C/C=C\C=C/[C@@H](Sc1ccc(C(=O)O)cc1)[C@@H](O)CCCC(=O)O. The zero-order valence-corrected chi connectivity index (χ0v) is 20.1. The number of hydrogen-bond donors (Lipinski definition) is 3. The molecule has 0 heterocycles. The molecule has 0 fully saturated rings. The van der Waals surface area contributed by atoms with Crippen molar-refractivity contribution in [1.29, 1.82) is 0 Å². The first-order valence-corrected chi connectivity index (χ1v) is 12.4. The fraction of sp³-hybridized carbons (Fsp3) is 0.407. The highest BCUT2D eigenvalue weighted by Crippen LogP contribution is 2.28. The molecule has 33 heavy (non-hydrogen) atoms. The highest BCUT2D eigenvalue weighted by atomic mass is 32.2. The van der Waals surface area contributed by atoms with Gasteiger partial charge in [0.2, 0.25) is 0 Å². The number of rotatable bonds is 17. The molecule has 0 saturated heterocycles. The Labute approximate surface area is 201 Å². The third kappa shape index (κ3) is 14.2. The van der Waals surface area contributed by atoms with Crippen molar-refractivity contribution in [3.8, 4) is 0 Å². The van der Waals surface area contributed by atoms with E-state index in [1.165, 1.54) is 43.2 Å². The van der Waals surface area contributed by atoms with Crippen LogP contribution in [-0.2, 0) is 4.79 Å². The van der Waals surface area contributed by atoms with Crippen LogP contribution >= 0.6 is 11.8 Å². The summed E-state index contributed by atoms with van der Waals surface area (Å²) in [5.41, 5.74) is 0.207. The van der Waals surface area contributed by atoms with E-state index in [0.29, 0.717) is 12.8 Å². The number of thioether (sulfide) groups is 1. The molecule has 6 heteroatoms. The Morgan fingerprint density at radius 2 is 1.67 bits per heavy atom. The number of carboxylic acid groups (broad SMARTS) is 2. The lowest BCUT2D eigenvalue weighted by atomic mass is 10.1. The predicted molar refractivity (Wildman–Crippen MR) is 136 cm³/mol. The summed E-state index contributed by atoms with van der Waals surface area (Å²) in [7, 11) is 0. The van der Waals surface area contributed by atoms with Crippen LogP contribution in [0.15, 0.2) is 77.8 Å². The van der Waals surface area contributed by atoms with Crippen molar-refractivity contribution in [2.75, 3.05) is 0 Å². The monoisotopic (exact) mass is 472 g/mol. The molecule has 1 aromatic rings. The number of carboxylic acids is 2.